The lowest BCUT2D eigenvalue weighted by Crippen LogP contribution is -2.36. The lowest BCUT2D eigenvalue weighted by molar-refractivity contribution is -0.115. The summed E-state index contributed by atoms with van der Waals surface area (Å²) in [4.78, 5) is 28.5. The zero-order chi connectivity index (χ0) is 21.5. The number of anilines is 1. The molecule has 0 bridgehead atoms. The Balaban J connectivity index is 1.69. The van der Waals surface area contributed by atoms with Gasteiger partial charge in [0.15, 0.2) is 11.5 Å². The van der Waals surface area contributed by atoms with E-state index in [9.17, 15) is 9.59 Å². The third kappa shape index (κ3) is 5.27. The number of thioether (sulfide) groups is 1. The third-order valence-electron chi connectivity index (χ3n) is 5.10. The van der Waals surface area contributed by atoms with Crippen molar-refractivity contribution in [2.45, 2.75) is 36.3 Å². The number of hydrogen-bond acceptors (Lipinski definition) is 5. The molecule has 7 heteroatoms. The van der Waals surface area contributed by atoms with Gasteiger partial charge in [-0.3, -0.25) is 9.59 Å². The van der Waals surface area contributed by atoms with Crippen molar-refractivity contribution in [1.29, 1.82) is 0 Å². The molecule has 1 fully saturated rings. The molecule has 1 aliphatic heterocycles. The molecule has 1 aliphatic rings. The molecule has 1 saturated heterocycles. The maximum atomic E-state index is 12.9. The molecule has 3 rings (SSSR count). The normalized spacial score (nSPS) is 14.7. The lowest BCUT2D eigenvalue weighted by Gasteiger charge is -2.27. The minimum atomic E-state index is -0.360. The van der Waals surface area contributed by atoms with Gasteiger partial charge in [-0.1, -0.05) is 12.1 Å². The summed E-state index contributed by atoms with van der Waals surface area (Å²) in [7, 11) is 3.17. The van der Waals surface area contributed by atoms with Crippen molar-refractivity contribution in [3.8, 4) is 11.5 Å². The average Bonchev–Trinajstić information content (AvgIpc) is 2.79. The van der Waals surface area contributed by atoms with E-state index >= 15 is 0 Å². The molecule has 30 heavy (non-hydrogen) atoms. The van der Waals surface area contributed by atoms with Crippen LogP contribution in [0.5, 0.6) is 11.5 Å². The number of methoxy groups -OCH3 is 2. The highest BCUT2D eigenvalue weighted by Crippen LogP contribution is 2.34. The smallest absolute Gasteiger partial charge is 0.255 e. The van der Waals surface area contributed by atoms with Gasteiger partial charge in [0, 0.05) is 18.0 Å². The van der Waals surface area contributed by atoms with E-state index in [2.05, 4.69) is 5.32 Å². The van der Waals surface area contributed by atoms with E-state index in [0.717, 1.165) is 37.2 Å². The van der Waals surface area contributed by atoms with Crippen LogP contribution in [0.1, 0.15) is 36.5 Å². The van der Waals surface area contributed by atoms with Crippen molar-refractivity contribution in [1.82, 2.24) is 4.90 Å². The molecule has 1 atom stereocenters. The first-order valence-electron chi connectivity index (χ1n) is 10.1. The minimum Gasteiger partial charge on any atom is -0.493 e. The van der Waals surface area contributed by atoms with Crippen molar-refractivity contribution < 1.29 is 19.1 Å². The summed E-state index contributed by atoms with van der Waals surface area (Å²) in [5.41, 5.74) is 1.09. The Morgan fingerprint density at radius 1 is 1.00 bits per heavy atom. The quantitative estimate of drug-likeness (QED) is 0.660. The first-order valence-corrected chi connectivity index (χ1v) is 11.0. The van der Waals surface area contributed by atoms with E-state index in [0.29, 0.717) is 22.7 Å². The Kier molecular flexibility index (Phi) is 7.63. The molecule has 6 nitrogen and oxygen atoms in total. The molecule has 0 radical (unpaired) electrons. The number of amides is 2. The Morgan fingerprint density at radius 2 is 1.70 bits per heavy atom. The molecule has 0 aliphatic carbocycles. The van der Waals surface area contributed by atoms with Gasteiger partial charge in [0.25, 0.3) is 5.91 Å². The van der Waals surface area contributed by atoms with Crippen LogP contribution in [0.3, 0.4) is 0 Å². The average molecular weight is 429 g/mol. The second-order valence-electron chi connectivity index (χ2n) is 7.16. The fourth-order valence-electron chi connectivity index (χ4n) is 3.43. The predicted molar refractivity (Wildman–Crippen MR) is 120 cm³/mol. The lowest BCUT2D eigenvalue weighted by atomic mass is 10.1. The van der Waals surface area contributed by atoms with Crippen LogP contribution in [-0.2, 0) is 4.79 Å². The number of piperidine rings is 1. The number of hydrogen-bond donors (Lipinski definition) is 1. The van der Waals surface area contributed by atoms with Crippen LogP contribution in [0.2, 0.25) is 0 Å². The summed E-state index contributed by atoms with van der Waals surface area (Å²) in [6.07, 6.45) is 3.21. The fourth-order valence-corrected chi connectivity index (χ4v) is 4.32. The van der Waals surface area contributed by atoms with Crippen LogP contribution in [0.15, 0.2) is 47.4 Å². The van der Waals surface area contributed by atoms with Gasteiger partial charge in [-0.2, -0.15) is 0 Å². The minimum absolute atomic E-state index is 0.0224. The second-order valence-corrected chi connectivity index (χ2v) is 8.58. The SMILES string of the molecule is COc1ccc(S[C@H](C)C(=O)Nc2ccccc2C(=O)N2CCCCC2)cc1OC. The van der Waals surface area contributed by atoms with Gasteiger partial charge >= 0.3 is 0 Å². The van der Waals surface area contributed by atoms with Gasteiger partial charge in [0.05, 0.1) is 30.7 Å². The van der Waals surface area contributed by atoms with E-state index < -0.39 is 0 Å². The van der Waals surface area contributed by atoms with Crippen LogP contribution >= 0.6 is 11.8 Å². The number of carbonyl (C=O) groups excluding carboxylic acids is 2. The monoisotopic (exact) mass is 428 g/mol. The second kappa shape index (κ2) is 10.4. The van der Waals surface area contributed by atoms with Crippen molar-refractivity contribution >= 4 is 29.3 Å². The predicted octanol–water partition coefficient (Wildman–Crippen LogP) is 4.45. The maximum absolute atomic E-state index is 12.9. The van der Waals surface area contributed by atoms with E-state index in [-0.39, 0.29) is 17.1 Å². The van der Waals surface area contributed by atoms with Crippen molar-refractivity contribution in [3.05, 3.63) is 48.0 Å². The summed E-state index contributed by atoms with van der Waals surface area (Å²) in [5.74, 6) is 1.08. The first kappa shape index (κ1) is 22.0. The molecular weight excluding hydrogens is 400 g/mol. The summed E-state index contributed by atoms with van der Waals surface area (Å²) >= 11 is 1.42. The third-order valence-corrected chi connectivity index (χ3v) is 6.19. The largest absolute Gasteiger partial charge is 0.493 e. The van der Waals surface area contributed by atoms with Crippen LogP contribution in [-0.4, -0.2) is 49.3 Å². The van der Waals surface area contributed by atoms with Gasteiger partial charge < -0.3 is 19.7 Å². The molecule has 0 aromatic heterocycles. The fraction of sp³-hybridized carbons (Fsp3) is 0.391. The standard InChI is InChI=1S/C23H28N2O4S/c1-16(30-17-11-12-20(28-2)21(15-17)29-3)22(26)24-19-10-6-5-9-18(19)23(27)25-13-7-4-8-14-25/h5-6,9-12,15-16H,4,7-8,13-14H2,1-3H3,(H,24,26)/t16-/m1/s1. The Labute approximate surface area is 181 Å². The Morgan fingerprint density at radius 3 is 2.40 bits per heavy atom. The van der Waals surface area contributed by atoms with Crippen molar-refractivity contribution in [3.63, 3.8) is 0 Å². The Bertz CT molecular complexity index is 897. The summed E-state index contributed by atoms with van der Waals surface area (Å²) in [6.45, 7) is 3.38. The zero-order valence-corrected chi connectivity index (χ0v) is 18.5. The van der Waals surface area contributed by atoms with E-state index in [1.165, 1.54) is 11.8 Å². The van der Waals surface area contributed by atoms with Gasteiger partial charge in [-0.05, 0) is 56.5 Å². The number of ether oxygens (including phenoxy) is 2. The number of rotatable bonds is 7. The van der Waals surface area contributed by atoms with Gasteiger partial charge in [0.1, 0.15) is 0 Å². The summed E-state index contributed by atoms with van der Waals surface area (Å²) in [5, 5.41) is 2.58. The molecule has 2 aromatic carbocycles. The van der Waals surface area contributed by atoms with Gasteiger partial charge in [0.2, 0.25) is 5.91 Å². The van der Waals surface area contributed by atoms with Gasteiger partial charge in [-0.15, -0.1) is 11.8 Å². The Hall–Kier alpha value is -2.67. The highest BCUT2D eigenvalue weighted by atomic mass is 32.2. The number of nitrogens with zero attached hydrogens (tertiary/aromatic N) is 1. The van der Waals surface area contributed by atoms with Crippen LogP contribution < -0.4 is 14.8 Å². The van der Waals surface area contributed by atoms with Crippen molar-refractivity contribution in [2.24, 2.45) is 0 Å². The zero-order valence-electron chi connectivity index (χ0n) is 17.6. The molecule has 2 amide bonds. The first-order chi connectivity index (χ1) is 14.5. The summed E-state index contributed by atoms with van der Waals surface area (Å²) < 4.78 is 10.6. The number of carbonyl (C=O) groups is 2. The van der Waals surface area contributed by atoms with Crippen LogP contribution in [0.25, 0.3) is 0 Å². The molecule has 0 spiro atoms. The number of para-hydroxylation sites is 1. The van der Waals surface area contributed by atoms with Crippen molar-refractivity contribution in [2.75, 3.05) is 32.6 Å². The highest BCUT2D eigenvalue weighted by Gasteiger charge is 2.23. The molecule has 1 heterocycles. The maximum Gasteiger partial charge on any atom is 0.255 e. The molecule has 1 N–H and O–H groups in total. The molecule has 2 aromatic rings. The highest BCUT2D eigenvalue weighted by molar-refractivity contribution is 8.00. The van der Waals surface area contributed by atoms with Crippen LogP contribution in [0.4, 0.5) is 5.69 Å². The topological polar surface area (TPSA) is 67.9 Å². The molecular formula is C23H28N2O4S. The van der Waals surface area contributed by atoms with E-state index in [4.69, 9.17) is 9.47 Å². The number of benzene rings is 2. The number of nitrogens with one attached hydrogen (secondary N) is 1. The molecule has 0 unspecified atom stereocenters. The molecule has 0 saturated carbocycles. The van der Waals surface area contributed by atoms with Crippen LogP contribution in [0, 0.1) is 0 Å². The molecule has 160 valence electrons. The number of likely N-dealkylation sites (tertiary alicyclic amines) is 1. The van der Waals surface area contributed by atoms with E-state index in [1.807, 2.05) is 42.2 Å². The van der Waals surface area contributed by atoms with E-state index in [1.54, 1.807) is 26.4 Å². The van der Waals surface area contributed by atoms with Gasteiger partial charge in [-0.25, -0.2) is 0 Å². The summed E-state index contributed by atoms with van der Waals surface area (Å²) in [6, 6.07) is 12.8.